The van der Waals surface area contributed by atoms with Gasteiger partial charge >= 0.3 is 12.2 Å². The predicted molar refractivity (Wildman–Crippen MR) is 174 cm³/mol. The van der Waals surface area contributed by atoms with E-state index < -0.39 is 23.4 Å². The Hall–Kier alpha value is -3.17. The zero-order valence-corrected chi connectivity index (χ0v) is 28.0. The molecule has 0 aromatic heterocycles. The third-order valence-corrected chi connectivity index (χ3v) is 7.17. The van der Waals surface area contributed by atoms with E-state index in [1.54, 1.807) is 47.6 Å². The van der Waals surface area contributed by atoms with Crippen molar-refractivity contribution in [3.63, 3.8) is 0 Å². The Labute approximate surface area is 258 Å². The summed E-state index contributed by atoms with van der Waals surface area (Å²) in [6.45, 7) is 12.9. The standard InChI is InChI=1S/C34H52N4O5/c1-33(2,3)42-31(40)38(32(41)43-34(4,5)6)27-21-28-30(26-18-15-14-17-25(26)27)24(22-36(9)10)23-37(28)29(39)19-13-11-12-16-20-35(7)8/h14-15,17-18,21,24H,11-13,16,19-20,22-23H2,1-10H3. The lowest BCUT2D eigenvalue weighted by Crippen LogP contribution is -2.44. The summed E-state index contributed by atoms with van der Waals surface area (Å²) in [6, 6.07) is 9.54. The normalized spacial score (nSPS) is 15.3. The van der Waals surface area contributed by atoms with Crippen LogP contribution in [0.25, 0.3) is 10.8 Å². The quantitative estimate of drug-likeness (QED) is 0.273. The second-order valence-corrected chi connectivity index (χ2v) is 14.1. The van der Waals surface area contributed by atoms with E-state index in [4.69, 9.17) is 9.47 Å². The predicted octanol–water partition coefficient (Wildman–Crippen LogP) is 7.02. The molecule has 43 heavy (non-hydrogen) atoms. The van der Waals surface area contributed by atoms with Gasteiger partial charge in [0, 0.05) is 36.5 Å². The minimum Gasteiger partial charge on any atom is -0.443 e. The molecule has 0 radical (unpaired) electrons. The number of carbonyl (C=O) groups is 3. The van der Waals surface area contributed by atoms with E-state index in [-0.39, 0.29) is 11.8 Å². The van der Waals surface area contributed by atoms with Gasteiger partial charge in [0.25, 0.3) is 0 Å². The van der Waals surface area contributed by atoms with E-state index >= 15 is 0 Å². The number of likely N-dealkylation sites (N-methyl/N-ethyl adjacent to an activating group) is 1. The summed E-state index contributed by atoms with van der Waals surface area (Å²) in [5.41, 5.74) is 0.450. The number of anilines is 2. The minimum atomic E-state index is -0.838. The summed E-state index contributed by atoms with van der Waals surface area (Å²) in [4.78, 5) is 48.2. The van der Waals surface area contributed by atoms with Gasteiger partial charge in [0.15, 0.2) is 0 Å². The summed E-state index contributed by atoms with van der Waals surface area (Å²) in [6.07, 6.45) is 2.80. The van der Waals surface area contributed by atoms with Gasteiger partial charge < -0.3 is 24.2 Å². The van der Waals surface area contributed by atoms with Crippen molar-refractivity contribution in [2.45, 2.75) is 90.8 Å². The van der Waals surface area contributed by atoms with E-state index in [1.807, 2.05) is 43.3 Å². The van der Waals surface area contributed by atoms with Gasteiger partial charge in [-0.2, -0.15) is 4.90 Å². The van der Waals surface area contributed by atoms with Gasteiger partial charge in [-0.25, -0.2) is 9.59 Å². The van der Waals surface area contributed by atoms with Gasteiger partial charge in [-0.3, -0.25) is 4.79 Å². The first-order chi connectivity index (χ1) is 20.0. The number of hydrogen-bond acceptors (Lipinski definition) is 7. The Morgan fingerprint density at radius 2 is 1.37 bits per heavy atom. The molecule has 0 spiro atoms. The van der Waals surface area contributed by atoms with Crippen LogP contribution in [0.2, 0.25) is 0 Å². The Morgan fingerprint density at radius 3 is 1.91 bits per heavy atom. The van der Waals surface area contributed by atoms with E-state index in [9.17, 15) is 14.4 Å². The molecule has 3 rings (SSSR count). The third kappa shape index (κ3) is 9.41. The Balaban J connectivity index is 2.10. The molecule has 0 saturated heterocycles. The van der Waals surface area contributed by atoms with Gasteiger partial charge in [-0.15, -0.1) is 0 Å². The lowest BCUT2D eigenvalue weighted by molar-refractivity contribution is -0.118. The summed E-state index contributed by atoms with van der Waals surface area (Å²) in [7, 11) is 8.20. The van der Waals surface area contributed by atoms with Crippen molar-refractivity contribution in [3.8, 4) is 0 Å². The van der Waals surface area contributed by atoms with Gasteiger partial charge in [0.2, 0.25) is 5.91 Å². The highest BCUT2D eigenvalue weighted by Gasteiger charge is 2.39. The summed E-state index contributed by atoms with van der Waals surface area (Å²) in [5.74, 6) is 0.127. The number of rotatable bonds is 10. The van der Waals surface area contributed by atoms with Gasteiger partial charge in [-0.1, -0.05) is 37.1 Å². The first-order valence-electron chi connectivity index (χ1n) is 15.4. The number of unbranched alkanes of at least 4 members (excludes halogenated alkanes) is 3. The van der Waals surface area contributed by atoms with Crippen molar-refractivity contribution in [1.82, 2.24) is 9.80 Å². The maximum Gasteiger partial charge on any atom is 0.424 e. The smallest absolute Gasteiger partial charge is 0.424 e. The number of benzene rings is 2. The fraction of sp³-hybridized carbons (Fsp3) is 0.618. The van der Waals surface area contributed by atoms with Crippen LogP contribution in [0.3, 0.4) is 0 Å². The van der Waals surface area contributed by atoms with Crippen molar-refractivity contribution in [3.05, 3.63) is 35.9 Å². The molecule has 2 aromatic carbocycles. The zero-order chi connectivity index (χ0) is 32.1. The second kappa shape index (κ2) is 14.1. The van der Waals surface area contributed by atoms with Gasteiger partial charge in [-0.05, 0) is 106 Å². The topological polar surface area (TPSA) is 82.6 Å². The molecule has 0 aliphatic carbocycles. The van der Waals surface area contributed by atoms with Crippen LogP contribution in [-0.4, -0.2) is 86.9 Å². The number of ether oxygens (including phenoxy) is 2. The Morgan fingerprint density at radius 1 is 0.814 bits per heavy atom. The van der Waals surface area contributed by atoms with Gasteiger partial charge in [0.05, 0.1) is 5.69 Å². The lowest BCUT2D eigenvalue weighted by Gasteiger charge is -2.30. The molecule has 1 aliphatic rings. The molecule has 0 saturated carbocycles. The molecule has 0 N–H and O–H groups in total. The van der Waals surface area contributed by atoms with Crippen molar-refractivity contribution >= 4 is 40.2 Å². The van der Waals surface area contributed by atoms with Crippen LogP contribution in [0.1, 0.15) is 85.1 Å². The molecule has 9 heteroatoms. The molecule has 3 amide bonds. The zero-order valence-electron chi connectivity index (χ0n) is 28.0. The highest BCUT2D eigenvalue weighted by molar-refractivity contribution is 6.17. The fourth-order valence-corrected chi connectivity index (χ4v) is 5.52. The number of imide groups is 1. The van der Waals surface area contributed by atoms with E-state index in [0.29, 0.717) is 18.7 Å². The summed E-state index contributed by atoms with van der Waals surface area (Å²) >= 11 is 0. The summed E-state index contributed by atoms with van der Waals surface area (Å²) < 4.78 is 11.4. The van der Waals surface area contributed by atoms with Crippen molar-refractivity contribution < 1.29 is 23.9 Å². The van der Waals surface area contributed by atoms with E-state index in [0.717, 1.165) is 65.7 Å². The van der Waals surface area contributed by atoms with Crippen molar-refractivity contribution in [2.24, 2.45) is 0 Å². The second-order valence-electron chi connectivity index (χ2n) is 14.1. The van der Waals surface area contributed by atoms with Crippen LogP contribution in [0.4, 0.5) is 21.0 Å². The largest absolute Gasteiger partial charge is 0.443 e. The van der Waals surface area contributed by atoms with E-state index in [1.165, 1.54) is 0 Å². The van der Waals surface area contributed by atoms with Gasteiger partial charge in [0.1, 0.15) is 11.2 Å². The third-order valence-electron chi connectivity index (χ3n) is 7.17. The average Bonchev–Trinajstić information content (AvgIpc) is 3.21. The van der Waals surface area contributed by atoms with Crippen LogP contribution in [0, 0.1) is 0 Å². The molecular formula is C34H52N4O5. The molecule has 0 fully saturated rings. The molecule has 1 aliphatic heterocycles. The van der Waals surface area contributed by atoms with Crippen LogP contribution in [0.5, 0.6) is 0 Å². The highest BCUT2D eigenvalue weighted by Crippen LogP contribution is 2.46. The van der Waals surface area contributed by atoms with Crippen molar-refractivity contribution in [2.75, 3.05) is 57.6 Å². The molecule has 2 aromatic rings. The number of amides is 3. The molecular weight excluding hydrogens is 544 g/mol. The number of hydrogen-bond donors (Lipinski definition) is 0. The number of carbonyl (C=O) groups excluding carboxylic acids is 3. The van der Waals surface area contributed by atoms with Crippen molar-refractivity contribution in [1.29, 1.82) is 0 Å². The molecule has 1 unspecified atom stereocenters. The fourth-order valence-electron chi connectivity index (χ4n) is 5.52. The average molecular weight is 597 g/mol. The first kappa shape index (κ1) is 34.3. The molecule has 0 bridgehead atoms. The molecule has 1 atom stereocenters. The molecule has 9 nitrogen and oxygen atoms in total. The van der Waals surface area contributed by atoms with Crippen LogP contribution in [-0.2, 0) is 14.3 Å². The van der Waals surface area contributed by atoms with Crippen LogP contribution < -0.4 is 9.80 Å². The number of nitrogens with zero attached hydrogens (tertiary/aromatic N) is 4. The first-order valence-corrected chi connectivity index (χ1v) is 15.4. The Bertz CT molecular complexity index is 1260. The maximum absolute atomic E-state index is 13.7. The number of fused-ring (bicyclic) bond motifs is 3. The highest BCUT2D eigenvalue weighted by atomic mass is 16.6. The molecule has 1 heterocycles. The van der Waals surface area contributed by atoms with E-state index in [2.05, 4.69) is 23.9 Å². The monoisotopic (exact) mass is 596 g/mol. The Kier molecular flexibility index (Phi) is 11.2. The SMILES string of the molecule is CN(C)CCCCCCC(=O)N1CC(CN(C)C)c2c1cc(N(C(=O)OC(C)(C)C)C(=O)OC(C)(C)C)c1ccccc21. The molecule has 238 valence electrons. The van der Waals surface area contributed by atoms with Crippen LogP contribution in [0.15, 0.2) is 30.3 Å². The lowest BCUT2D eigenvalue weighted by atomic mass is 9.93. The van der Waals surface area contributed by atoms with Crippen LogP contribution >= 0.6 is 0 Å². The maximum atomic E-state index is 13.7. The summed E-state index contributed by atoms with van der Waals surface area (Å²) in [5, 5.41) is 1.62. The minimum absolute atomic E-state index is 0.0532.